The highest BCUT2D eigenvalue weighted by Gasteiger charge is 2.30. The number of carbonyl (C=O) groups excluding carboxylic acids is 1. The van der Waals surface area contributed by atoms with E-state index in [0.717, 1.165) is 0 Å². The van der Waals surface area contributed by atoms with Crippen molar-refractivity contribution in [1.82, 2.24) is 19.2 Å². The first-order valence-corrected chi connectivity index (χ1v) is 7.25. The van der Waals surface area contributed by atoms with Gasteiger partial charge in [-0.25, -0.2) is 0 Å². The fourth-order valence-electron chi connectivity index (χ4n) is 2.90. The number of carbonyl (C=O) groups is 2. The van der Waals surface area contributed by atoms with Crippen LogP contribution in [0, 0.1) is 5.92 Å². The quantitative estimate of drug-likeness (QED) is 0.922. The summed E-state index contributed by atoms with van der Waals surface area (Å²) in [5.74, 6) is -0.797. The summed E-state index contributed by atoms with van der Waals surface area (Å²) >= 11 is 0. The molecule has 1 N–H and O–H groups in total. The van der Waals surface area contributed by atoms with Crippen molar-refractivity contribution in [2.45, 2.75) is 12.8 Å². The zero-order chi connectivity index (χ0) is 15.7. The van der Waals surface area contributed by atoms with Gasteiger partial charge in [-0.3, -0.25) is 14.3 Å². The molecule has 1 aliphatic heterocycles. The zero-order valence-electron chi connectivity index (χ0n) is 12.3. The molecule has 0 aliphatic carbocycles. The van der Waals surface area contributed by atoms with E-state index in [-0.39, 0.29) is 12.5 Å². The van der Waals surface area contributed by atoms with Crippen molar-refractivity contribution in [3.8, 4) is 5.82 Å². The number of amides is 1. The van der Waals surface area contributed by atoms with Crippen molar-refractivity contribution in [2.24, 2.45) is 13.0 Å². The number of hydrogen-bond acceptors (Lipinski definition) is 3. The smallest absolute Gasteiger partial charge is 0.308 e. The largest absolute Gasteiger partial charge is 0.481 e. The van der Waals surface area contributed by atoms with Crippen LogP contribution in [0.25, 0.3) is 5.82 Å². The van der Waals surface area contributed by atoms with Crippen molar-refractivity contribution < 1.29 is 14.7 Å². The van der Waals surface area contributed by atoms with Gasteiger partial charge in [0.1, 0.15) is 11.4 Å². The minimum Gasteiger partial charge on any atom is -0.481 e. The molecule has 22 heavy (non-hydrogen) atoms. The summed E-state index contributed by atoms with van der Waals surface area (Å²) < 4.78 is 3.48. The molecule has 1 amide bonds. The molecule has 1 atom stereocenters. The number of aryl methyl sites for hydroxylation is 1. The van der Waals surface area contributed by atoms with Gasteiger partial charge in [-0.2, -0.15) is 5.10 Å². The molecule has 0 aromatic carbocycles. The summed E-state index contributed by atoms with van der Waals surface area (Å²) in [6.45, 7) is 0.844. The van der Waals surface area contributed by atoms with E-state index in [1.807, 2.05) is 29.1 Å². The summed E-state index contributed by atoms with van der Waals surface area (Å²) in [7, 11) is 1.78. The van der Waals surface area contributed by atoms with E-state index in [9.17, 15) is 9.59 Å². The van der Waals surface area contributed by atoms with Crippen LogP contribution in [0.3, 0.4) is 0 Å². The van der Waals surface area contributed by atoms with Crippen LogP contribution in [0.2, 0.25) is 0 Å². The van der Waals surface area contributed by atoms with Crippen molar-refractivity contribution in [3.63, 3.8) is 0 Å². The fourth-order valence-corrected chi connectivity index (χ4v) is 2.90. The summed E-state index contributed by atoms with van der Waals surface area (Å²) in [5, 5.41) is 13.3. The number of nitrogens with zero attached hydrogens (tertiary/aromatic N) is 4. The number of carboxylic acids is 1. The Kier molecular flexibility index (Phi) is 3.70. The van der Waals surface area contributed by atoms with Crippen molar-refractivity contribution >= 4 is 11.9 Å². The molecule has 0 bridgehead atoms. The topological polar surface area (TPSA) is 80.4 Å². The summed E-state index contributed by atoms with van der Waals surface area (Å²) in [6, 6.07) is 3.76. The molecule has 0 spiro atoms. The second-order valence-electron chi connectivity index (χ2n) is 5.52. The Labute approximate surface area is 127 Å². The number of aromatic nitrogens is 3. The second-order valence-corrected chi connectivity index (χ2v) is 5.52. The first-order valence-electron chi connectivity index (χ1n) is 7.25. The Balaban J connectivity index is 1.88. The second kappa shape index (κ2) is 5.67. The molecule has 7 nitrogen and oxygen atoms in total. The van der Waals surface area contributed by atoms with Gasteiger partial charge in [-0.15, -0.1) is 0 Å². The highest BCUT2D eigenvalue weighted by Crippen LogP contribution is 2.21. The fraction of sp³-hybridized carbons (Fsp3) is 0.400. The van der Waals surface area contributed by atoms with Crippen LogP contribution in [0.15, 0.2) is 30.7 Å². The molecular weight excluding hydrogens is 284 g/mol. The molecule has 0 radical (unpaired) electrons. The Bertz CT molecular complexity index is 690. The van der Waals surface area contributed by atoms with E-state index in [4.69, 9.17) is 5.11 Å². The Hall–Kier alpha value is -2.57. The van der Waals surface area contributed by atoms with Gasteiger partial charge in [-0.05, 0) is 25.0 Å². The summed E-state index contributed by atoms with van der Waals surface area (Å²) in [6.07, 6.45) is 6.58. The lowest BCUT2D eigenvalue weighted by Crippen LogP contribution is -2.42. The van der Waals surface area contributed by atoms with E-state index < -0.39 is 11.9 Å². The number of likely N-dealkylation sites (tertiary alicyclic amines) is 1. The van der Waals surface area contributed by atoms with Gasteiger partial charge in [-0.1, -0.05) is 0 Å². The minimum atomic E-state index is -0.839. The Morgan fingerprint density at radius 1 is 1.32 bits per heavy atom. The highest BCUT2D eigenvalue weighted by molar-refractivity contribution is 5.97. The van der Waals surface area contributed by atoms with Crippen LogP contribution in [-0.2, 0) is 11.8 Å². The summed E-state index contributed by atoms with van der Waals surface area (Å²) in [5.41, 5.74) is 0.490. The van der Waals surface area contributed by atoms with Crippen molar-refractivity contribution in [3.05, 3.63) is 36.3 Å². The van der Waals surface area contributed by atoms with Crippen LogP contribution in [0.1, 0.15) is 23.2 Å². The first-order chi connectivity index (χ1) is 10.6. The average molecular weight is 302 g/mol. The van der Waals surface area contributed by atoms with Crippen LogP contribution < -0.4 is 0 Å². The molecule has 0 saturated carbocycles. The maximum atomic E-state index is 12.8. The number of rotatable bonds is 3. The predicted molar refractivity (Wildman–Crippen MR) is 78.8 cm³/mol. The maximum absolute atomic E-state index is 12.8. The lowest BCUT2D eigenvalue weighted by molar-refractivity contribution is -0.143. The molecule has 7 heteroatoms. The molecule has 116 valence electrons. The molecule has 1 saturated heterocycles. The van der Waals surface area contributed by atoms with E-state index in [2.05, 4.69) is 5.10 Å². The molecule has 2 aromatic rings. The highest BCUT2D eigenvalue weighted by atomic mass is 16.4. The molecule has 1 aliphatic rings. The Morgan fingerprint density at radius 3 is 2.73 bits per heavy atom. The van der Waals surface area contributed by atoms with Gasteiger partial charge in [0.05, 0.1) is 12.1 Å². The van der Waals surface area contributed by atoms with Gasteiger partial charge >= 0.3 is 5.97 Å². The molecule has 3 rings (SSSR count). The van der Waals surface area contributed by atoms with E-state index in [1.54, 1.807) is 22.8 Å². The van der Waals surface area contributed by atoms with Crippen LogP contribution in [0.4, 0.5) is 0 Å². The van der Waals surface area contributed by atoms with Crippen LogP contribution in [0.5, 0.6) is 0 Å². The van der Waals surface area contributed by atoms with Crippen LogP contribution >= 0.6 is 0 Å². The standard InChI is InChI=1S/C15H18N4O3/c1-17-13(18-6-2-3-7-18)12(9-16-17)14(20)19-8-4-5-11(10-19)15(21)22/h2-3,6-7,9,11H,4-5,8,10H2,1H3,(H,21,22)/t11-/m0/s1. The third kappa shape index (κ3) is 2.49. The molecule has 2 aromatic heterocycles. The SMILES string of the molecule is Cn1ncc(C(=O)N2CCC[C@H](C(=O)O)C2)c1-n1cccc1. The predicted octanol–water partition coefficient (Wildman–Crippen LogP) is 1.15. The lowest BCUT2D eigenvalue weighted by Gasteiger charge is -2.30. The van der Waals surface area contributed by atoms with E-state index in [1.165, 1.54) is 0 Å². The first kappa shape index (κ1) is 14.4. The minimum absolute atomic E-state index is 0.164. The maximum Gasteiger partial charge on any atom is 0.308 e. The average Bonchev–Trinajstić information content (AvgIpc) is 3.15. The number of carboxylic acid groups (broad SMARTS) is 1. The molecule has 1 fully saturated rings. The van der Waals surface area contributed by atoms with E-state index in [0.29, 0.717) is 30.8 Å². The molecule has 0 unspecified atom stereocenters. The van der Waals surface area contributed by atoms with E-state index >= 15 is 0 Å². The lowest BCUT2D eigenvalue weighted by atomic mass is 9.98. The Morgan fingerprint density at radius 2 is 2.05 bits per heavy atom. The van der Waals surface area contributed by atoms with Crippen molar-refractivity contribution in [1.29, 1.82) is 0 Å². The summed E-state index contributed by atoms with van der Waals surface area (Å²) in [4.78, 5) is 25.5. The van der Waals surface area contributed by atoms with Gasteiger partial charge in [0.25, 0.3) is 5.91 Å². The molecule has 3 heterocycles. The van der Waals surface area contributed by atoms with Gasteiger partial charge in [0.15, 0.2) is 0 Å². The van der Waals surface area contributed by atoms with Gasteiger partial charge in [0.2, 0.25) is 0 Å². The van der Waals surface area contributed by atoms with Gasteiger partial charge < -0.3 is 14.6 Å². The molecular formula is C15H18N4O3. The van der Waals surface area contributed by atoms with Gasteiger partial charge in [0, 0.05) is 32.5 Å². The van der Waals surface area contributed by atoms with Crippen molar-refractivity contribution in [2.75, 3.05) is 13.1 Å². The normalized spacial score (nSPS) is 18.4. The monoisotopic (exact) mass is 302 g/mol. The number of piperidine rings is 1. The third-order valence-corrected chi connectivity index (χ3v) is 4.04. The number of hydrogen-bond donors (Lipinski definition) is 1. The third-order valence-electron chi connectivity index (χ3n) is 4.04. The van der Waals surface area contributed by atoms with Crippen LogP contribution in [-0.4, -0.2) is 49.3 Å². The zero-order valence-corrected chi connectivity index (χ0v) is 12.3. The number of aliphatic carboxylic acids is 1.